The van der Waals surface area contributed by atoms with Gasteiger partial charge in [0.15, 0.2) is 0 Å². The molecular formula is C22H25N3OS. The van der Waals surface area contributed by atoms with Crippen LogP contribution in [0.3, 0.4) is 0 Å². The summed E-state index contributed by atoms with van der Waals surface area (Å²) in [6.07, 6.45) is 1.86. The van der Waals surface area contributed by atoms with Crippen LogP contribution in [0, 0.1) is 0 Å². The third kappa shape index (κ3) is 3.44. The molecule has 0 unspecified atom stereocenters. The molecule has 0 fully saturated rings. The SMILES string of the molecule is CCCN(CC)c1cccc2c1C(=O)N(CCc1ccc3sccc3n1)C2. The maximum Gasteiger partial charge on any atom is 0.256 e. The molecule has 3 aromatic rings. The zero-order chi connectivity index (χ0) is 18.8. The van der Waals surface area contributed by atoms with Crippen molar-refractivity contribution in [2.45, 2.75) is 33.2 Å². The first-order valence-corrected chi connectivity index (χ1v) is 10.6. The van der Waals surface area contributed by atoms with Crippen molar-refractivity contribution in [2.75, 3.05) is 24.5 Å². The Morgan fingerprint density at radius 3 is 2.89 bits per heavy atom. The highest BCUT2D eigenvalue weighted by atomic mass is 32.1. The van der Waals surface area contributed by atoms with Crippen LogP contribution < -0.4 is 4.90 Å². The van der Waals surface area contributed by atoms with Crippen LogP contribution in [0.2, 0.25) is 0 Å². The minimum atomic E-state index is 0.159. The first kappa shape index (κ1) is 18.0. The van der Waals surface area contributed by atoms with Crippen molar-refractivity contribution in [3.05, 3.63) is 58.6 Å². The van der Waals surface area contributed by atoms with Crippen molar-refractivity contribution in [1.82, 2.24) is 9.88 Å². The van der Waals surface area contributed by atoms with Crippen LogP contribution in [0.5, 0.6) is 0 Å². The Labute approximate surface area is 164 Å². The van der Waals surface area contributed by atoms with E-state index in [-0.39, 0.29) is 5.91 Å². The summed E-state index contributed by atoms with van der Waals surface area (Å²) in [4.78, 5) is 22.1. The van der Waals surface area contributed by atoms with Crippen molar-refractivity contribution < 1.29 is 4.79 Å². The van der Waals surface area contributed by atoms with Gasteiger partial charge in [-0.25, -0.2) is 0 Å². The van der Waals surface area contributed by atoms with Crippen molar-refractivity contribution >= 4 is 33.1 Å². The Morgan fingerprint density at radius 1 is 1.19 bits per heavy atom. The smallest absolute Gasteiger partial charge is 0.256 e. The summed E-state index contributed by atoms with van der Waals surface area (Å²) in [6, 6.07) is 12.5. The normalized spacial score (nSPS) is 13.4. The Kier molecular flexibility index (Phi) is 5.12. The van der Waals surface area contributed by atoms with Gasteiger partial charge in [-0.05, 0) is 48.6 Å². The van der Waals surface area contributed by atoms with Gasteiger partial charge in [0.25, 0.3) is 5.91 Å². The van der Waals surface area contributed by atoms with Gasteiger partial charge in [-0.1, -0.05) is 19.1 Å². The van der Waals surface area contributed by atoms with E-state index in [0.29, 0.717) is 13.1 Å². The summed E-state index contributed by atoms with van der Waals surface area (Å²) in [5, 5.41) is 2.07. The van der Waals surface area contributed by atoms with E-state index in [1.165, 1.54) is 4.70 Å². The number of fused-ring (bicyclic) bond motifs is 2. The third-order valence-corrected chi connectivity index (χ3v) is 6.08. The first-order valence-electron chi connectivity index (χ1n) is 9.70. The molecule has 0 bridgehead atoms. The molecule has 0 atom stereocenters. The molecule has 0 aliphatic carbocycles. The first-order chi connectivity index (χ1) is 13.2. The lowest BCUT2D eigenvalue weighted by Crippen LogP contribution is -2.29. The molecule has 1 amide bonds. The minimum Gasteiger partial charge on any atom is -0.371 e. The number of pyridine rings is 1. The van der Waals surface area contributed by atoms with Crippen molar-refractivity contribution in [3.63, 3.8) is 0 Å². The average molecular weight is 380 g/mol. The number of hydrogen-bond acceptors (Lipinski definition) is 4. The van der Waals surface area contributed by atoms with Gasteiger partial charge >= 0.3 is 0 Å². The summed E-state index contributed by atoms with van der Waals surface area (Å²) in [7, 11) is 0. The van der Waals surface area contributed by atoms with E-state index in [9.17, 15) is 4.79 Å². The Balaban J connectivity index is 1.51. The number of anilines is 1. The van der Waals surface area contributed by atoms with Crippen molar-refractivity contribution in [2.24, 2.45) is 0 Å². The van der Waals surface area contributed by atoms with E-state index in [1.54, 1.807) is 11.3 Å². The average Bonchev–Trinajstić information content (AvgIpc) is 3.28. The quantitative estimate of drug-likeness (QED) is 0.595. The van der Waals surface area contributed by atoms with Gasteiger partial charge in [0.05, 0.1) is 15.8 Å². The number of amides is 1. The van der Waals surface area contributed by atoms with Gasteiger partial charge in [0, 0.05) is 44.0 Å². The number of thiophene rings is 1. The van der Waals surface area contributed by atoms with Crippen molar-refractivity contribution in [3.8, 4) is 0 Å². The highest BCUT2D eigenvalue weighted by Crippen LogP contribution is 2.32. The lowest BCUT2D eigenvalue weighted by molar-refractivity contribution is 0.0780. The second-order valence-corrected chi connectivity index (χ2v) is 7.92. The topological polar surface area (TPSA) is 36.4 Å². The molecular weight excluding hydrogens is 354 g/mol. The Morgan fingerprint density at radius 2 is 2.07 bits per heavy atom. The van der Waals surface area contributed by atoms with E-state index in [1.807, 2.05) is 4.90 Å². The molecule has 4 nitrogen and oxygen atoms in total. The Hall–Kier alpha value is -2.40. The summed E-state index contributed by atoms with van der Waals surface area (Å²) in [5.41, 5.74) is 5.23. The van der Waals surface area contributed by atoms with E-state index >= 15 is 0 Å². The zero-order valence-corrected chi connectivity index (χ0v) is 16.8. The van der Waals surface area contributed by atoms with Gasteiger partial charge in [0.1, 0.15) is 0 Å². The number of carbonyl (C=O) groups is 1. The summed E-state index contributed by atoms with van der Waals surface area (Å²) < 4.78 is 1.21. The van der Waals surface area contributed by atoms with Crippen LogP contribution in [0.4, 0.5) is 5.69 Å². The van der Waals surface area contributed by atoms with Gasteiger partial charge in [-0.2, -0.15) is 0 Å². The fourth-order valence-electron chi connectivity index (χ4n) is 3.85. The number of rotatable bonds is 7. The Bertz CT molecular complexity index is 965. The highest BCUT2D eigenvalue weighted by Gasteiger charge is 2.30. The molecule has 2 aromatic heterocycles. The summed E-state index contributed by atoms with van der Waals surface area (Å²) in [6.45, 7) is 7.63. The van der Waals surface area contributed by atoms with Crippen LogP contribution in [0.1, 0.15) is 41.9 Å². The number of benzene rings is 1. The number of hydrogen-bond donors (Lipinski definition) is 0. The largest absolute Gasteiger partial charge is 0.371 e. The number of aromatic nitrogens is 1. The zero-order valence-electron chi connectivity index (χ0n) is 15.9. The number of nitrogens with zero attached hydrogens (tertiary/aromatic N) is 3. The molecule has 3 heterocycles. The summed E-state index contributed by atoms with van der Waals surface area (Å²) >= 11 is 1.71. The van der Waals surface area contributed by atoms with E-state index in [2.05, 4.69) is 60.5 Å². The summed E-state index contributed by atoms with van der Waals surface area (Å²) in [5.74, 6) is 0.159. The molecule has 1 aliphatic heterocycles. The number of carbonyl (C=O) groups excluding carboxylic acids is 1. The van der Waals surface area contributed by atoms with Gasteiger partial charge in [0.2, 0.25) is 0 Å². The molecule has 140 valence electrons. The molecule has 0 N–H and O–H groups in total. The van der Waals surface area contributed by atoms with Crippen LogP contribution >= 0.6 is 11.3 Å². The predicted molar refractivity (Wildman–Crippen MR) is 113 cm³/mol. The van der Waals surface area contributed by atoms with E-state index < -0.39 is 0 Å². The minimum absolute atomic E-state index is 0.159. The fraction of sp³-hybridized carbons (Fsp3) is 0.364. The lowest BCUT2D eigenvalue weighted by atomic mass is 10.1. The van der Waals surface area contributed by atoms with Gasteiger partial charge in [-0.3, -0.25) is 9.78 Å². The molecule has 5 heteroatoms. The van der Waals surface area contributed by atoms with Crippen LogP contribution in [-0.2, 0) is 13.0 Å². The van der Waals surface area contributed by atoms with Crippen molar-refractivity contribution in [1.29, 1.82) is 0 Å². The second-order valence-electron chi connectivity index (χ2n) is 6.97. The van der Waals surface area contributed by atoms with Gasteiger partial charge < -0.3 is 9.80 Å². The predicted octanol–water partition coefficient (Wildman–Crippen LogP) is 4.73. The molecule has 0 saturated heterocycles. The second kappa shape index (κ2) is 7.69. The highest BCUT2D eigenvalue weighted by molar-refractivity contribution is 7.17. The lowest BCUT2D eigenvalue weighted by Gasteiger charge is -2.24. The molecule has 0 spiro atoms. The maximum atomic E-state index is 13.1. The van der Waals surface area contributed by atoms with Crippen LogP contribution in [0.15, 0.2) is 41.8 Å². The molecule has 1 aromatic carbocycles. The standard InChI is InChI=1S/C22H25N3OS/c1-3-12-24(4-2)19-7-5-6-16-15-25(22(26)21(16)19)13-10-17-8-9-20-18(23-17)11-14-27-20/h5-9,11,14H,3-4,10,12-13,15H2,1-2H3. The van der Waals surface area contributed by atoms with E-state index in [4.69, 9.17) is 4.98 Å². The van der Waals surface area contributed by atoms with Gasteiger partial charge in [-0.15, -0.1) is 11.3 Å². The molecule has 0 radical (unpaired) electrons. The van der Waals surface area contributed by atoms with Crippen LogP contribution in [-0.4, -0.2) is 35.4 Å². The fourth-order valence-corrected chi connectivity index (χ4v) is 4.57. The molecule has 4 rings (SSSR count). The van der Waals surface area contributed by atoms with Crippen LogP contribution in [0.25, 0.3) is 10.2 Å². The molecule has 0 saturated carbocycles. The maximum absolute atomic E-state index is 13.1. The monoisotopic (exact) mass is 379 g/mol. The molecule has 27 heavy (non-hydrogen) atoms. The van der Waals surface area contributed by atoms with E-state index in [0.717, 1.165) is 54.0 Å². The molecule has 1 aliphatic rings. The third-order valence-electron chi connectivity index (χ3n) is 5.21.